The van der Waals surface area contributed by atoms with Crippen molar-refractivity contribution in [3.63, 3.8) is 0 Å². The molecule has 0 radical (unpaired) electrons. The molecule has 2 fully saturated rings. The Morgan fingerprint density at radius 2 is 1.79 bits per heavy atom. The molecule has 2 aliphatic heterocycles. The highest BCUT2D eigenvalue weighted by Gasteiger charge is 2.58. The number of hydrogen-bond acceptors (Lipinski definition) is 5. The molecule has 0 atom stereocenters. The first-order chi connectivity index (χ1) is 13.4. The second kappa shape index (κ2) is 8.31. The molecule has 0 aromatic heterocycles. The smallest absolute Gasteiger partial charge is 0.328 e. The number of carbonyl (C=O) groups excluding carboxylic acids is 3. The van der Waals surface area contributed by atoms with Crippen molar-refractivity contribution in [2.45, 2.75) is 38.8 Å². The van der Waals surface area contributed by atoms with E-state index in [0.717, 1.165) is 30.1 Å². The molecule has 1 aromatic rings. The fourth-order valence-corrected chi connectivity index (χ4v) is 4.21. The molecule has 3 rings (SSSR count). The van der Waals surface area contributed by atoms with Gasteiger partial charge in [-0.1, -0.05) is 44.2 Å². The van der Waals surface area contributed by atoms with E-state index >= 15 is 0 Å². The summed E-state index contributed by atoms with van der Waals surface area (Å²) in [4.78, 5) is 43.3. The number of benzene rings is 1. The third kappa shape index (κ3) is 3.90. The zero-order chi connectivity index (χ0) is 20.3. The average molecular weight is 387 g/mol. The molecule has 2 saturated heterocycles. The van der Waals surface area contributed by atoms with Gasteiger partial charge >= 0.3 is 12.0 Å². The van der Waals surface area contributed by atoms with Crippen LogP contribution in [-0.4, -0.2) is 71.4 Å². The van der Waals surface area contributed by atoms with E-state index in [2.05, 4.69) is 23.5 Å². The molecule has 3 amide bonds. The van der Waals surface area contributed by atoms with Gasteiger partial charge in [0.25, 0.3) is 5.91 Å². The van der Waals surface area contributed by atoms with Gasteiger partial charge in [-0.15, -0.1) is 0 Å². The summed E-state index contributed by atoms with van der Waals surface area (Å²) in [7, 11) is 1.26. The van der Waals surface area contributed by atoms with Crippen LogP contribution in [0, 0.1) is 5.92 Å². The minimum atomic E-state index is -0.881. The van der Waals surface area contributed by atoms with Gasteiger partial charge in [0.1, 0.15) is 12.1 Å². The lowest BCUT2D eigenvalue weighted by molar-refractivity contribution is -0.146. The van der Waals surface area contributed by atoms with Gasteiger partial charge < -0.3 is 14.5 Å². The topological polar surface area (TPSA) is 70.2 Å². The first-order valence-electron chi connectivity index (χ1n) is 9.84. The molecule has 1 spiro atoms. The largest absolute Gasteiger partial charge is 0.468 e. The van der Waals surface area contributed by atoms with Crippen LogP contribution >= 0.6 is 0 Å². The van der Waals surface area contributed by atoms with Crippen molar-refractivity contribution in [3.8, 4) is 0 Å². The van der Waals surface area contributed by atoms with E-state index in [9.17, 15) is 14.4 Å². The van der Waals surface area contributed by atoms with E-state index in [-0.39, 0.29) is 12.5 Å². The summed E-state index contributed by atoms with van der Waals surface area (Å²) >= 11 is 0. The highest BCUT2D eigenvalue weighted by molar-refractivity contribution is 6.08. The maximum absolute atomic E-state index is 13.3. The lowest BCUT2D eigenvalue weighted by Gasteiger charge is -2.42. The van der Waals surface area contributed by atoms with Crippen molar-refractivity contribution in [3.05, 3.63) is 35.9 Å². The number of urea groups is 1. The Kier molecular flexibility index (Phi) is 6.03. The average Bonchev–Trinajstić information content (AvgIpc) is 2.86. The summed E-state index contributed by atoms with van der Waals surface area (Å²) in [5.41, 5.74) is 0.0848. The van der Waals surface area contributed by atoms with Crippen LogP contribution in [0.15, 0.2) is 30.3 Å². The normalized spacial score (nSPS) is 19.7. The second-order valence-corrected chi connectivity index (χ2v) is 8.05. The molecule has 2 aliphatic rings. The Labute approximate surface area is 166 Å². The number of rotatable bonds is 6. The van der Waals surface area contributed by atoms with Crippen molar-refractivity contribution in [1.29, 1.82) is 0 Å². The summed E-state index contributed by atoms with van der Waals surface area (Å²) < 4.78 is 4.69. The highest BCUT2D eigenvalue weighted by atomic mass is 16.5. The molecule has 2 heterocycles. The zero-order valence-electron chi connectivity index (χ0n) is 16.9. The van der Waals surface area contributed by atoms with E-state index < -0.39 is 17.5 Å². The number of ether oxygens (including phenoxy) is 1. The van der Waals surface area contributed by atoms with Crippen molar-refractivity contribution >= 4 is 17.9 Å². The molecule has 1 aromatic carbocycles. The molecule has 28 heavy (non-hydrogen) atoms. The van der Waals surface area contributed by atoms with Crippen molar-refractivity contribution < 1.29 is 19.1 Å². The number of piperidine rings is 1. The number of esters is 1. The Hall–Kier alpha value is -2.41. The van der Waals surface area contributed by atoms with Crippen LogP contribution in [0.1, 0.15) is 32.3 Å². The number of amides is 3. The van der Waals surface area contributed by atoms with E-state index in [1.54, 1.807) is 4.90 Å². The van der Waals surface area contributed by atoms with Gasteiger partial charge in [0, 0.05) is 26.2 Å². The van der Waals surface area contributed by atoms with Gasteiger partial charge in [-0.25, -0.2) is 4.79 Å². The number of likely N-dealkylation sites (tertiary alicyclic amines) is 1. The van der Waals surface area contributed by atoms with Crippen LogP contribution in [0.3, 0.4) is 0 Å². The molecular weight excluding hydrogens is 358 g/mol. The summed E-state index contributed by atoms with van der Waals surface area (Å²) in [5, 5.41) is 0. The molecule has 0 saturated carbocycles. The van der Waals surface area contributed by atoms with Gasteiger partial charge in [0.2, 0.25) is 0 Å². The summed E-state index contributed by atoms with van der Waals surface area (Å²) in [6.45, 7) is 6.86. The van der Waals surface area contributed by atoms with Crippen LogP contribution in [-0.2, 0) is 20.9 Å². The first kappa shape index (κ1) is 20.3. The molecular formula is C21H29N3O4. The summed E-state index contributed by atoms with van der Waals surface area (Å²) in [5.74, 6) is -0.315. The number of carbonyl (C=O) groups is 3. The van der Waals surface area contributed by atoms with Crippen LogP contribution in [0.2, 0.25) is 0 Å². The number of imide groups is 1. The van der Waals surface area contributed by atoms with Gasteiger partial charge in [0.15, 0.2) is 0 Å². The minimum Gasteiger partial charge on any atom is -0.468 e. The van der Waals surface area contributed by atoms with E-state index in [4.69, 9.17) is 0 Å². The van der Waals surface area contributed by atoms with E-state index in [0.29, 0.717) is 25.3 Å². The van der Waals surface area contributed by atoms with Crippen molar-refractivity contribution in [2.75, 3.05) is 33.3 Å². The monoisotopic (exact) mass is 387 g/mol. The van der Waals surface area contributed by atoms with Gasteiger partial charge in [-0.05, 0) is 24.3 Å². The van der Waals surface area contributed by atoms with Crippen LogP contribution in [0.4, 0.5) is 4.79 Å². The Morgan fingerprint density at radius 1 is 1.14 bits per heavy atom. The Morgan fingerprint density at radius 3 is 2.36 bits per heavy atom. The molecule has 7 nitrogen and oxygen atoms in total. The Bertz CT molecular complexity index is 726. The van der Waals surface area contributed by atoms with Gasteiger partial charge in [0.05, 0.1) is 7.11 Å². The summed E-state index contributed by atoms with van der Waals surface area (Å²) in [6.07, 6.45) is 1.16. The lowest BCUT2D eigenvalue weighted by Crippen LogP contribution is -2.56. The second-order valence-electron chi connectivity index (χ2n) is 8.05. The maximum Gasteiger partial charge on any atom is 0.328 e. The van der Waals surface area contributed by atoms with Gasteiger partial charge in [-0.2, -0.15) is 0 Å². The molecule has 0 aliphatic carbocycles. The Balaban J connectivity index is 1.86. The molecule has 0 N–H and O–H groups in total. The fraction of sp³-hybridized carbons (Fsp3) is 0.571. The maximum atomic E-state index is 13.3. The lowest BCUT2D eigenvalue weighted by atomic mass is 9.85. The third-order valence-electron chi connectivity index (χ3n) is 5.63. The number of nitrogens with zero attached hydrogens (tertiary/aromatic N) is 3. The minimum absolute atomic E-state index is 0.275. The van der Waals surface area contributed by atoms with Gasteiger partial charge in [-0.3, -0.25) is 14.5 Å². The SMILES string of the molecule is COC(=O)CN1C(=O)N(Cc2ccccc2)C2(CCN(CC(C)C)CC2)C1=O. The highest BCUT2D eigenvalue weighted by Crippen LogP contribution is 2.38. The van der Waals surface area contributed by atoms with Crippen LogP contribution in [0.5, 0.6) is 0 Å². The number of methoxy groups -OCH3 is 1. The summed E-state index contributed by atoms with van der Waals surface area (Å²) in [6, 6.07) is 9.25. The zero-order valence-corrected chi connectivity index (χ0v) is 16.9. The predicted octanol–water partition coefficient (Wildman–Crippen LogP) is 2.11. The number of hydrogen-bond donors (Lipinski definition) is 0. The standard InChI is InChI=1S/C21H29N3O4/c1-16(2)13-22-11-9-21(10-12-22)19(26)23(15-18(25)28-3)20(27)24(21)14-17-7-5-4-6-8-17/h4-8,16H,9-15H2,1-3H3. The van der Waals surface area contributed by atoms with Crippen LogP contribution in [0.25, 0.3) is 0 Å². The predicted molar refractivity (Wildman–Crippen MR) is 104 cm³/mol. The fourth-order valence-electron chi connectivity index (χ4n) is 4.21. The van der Waals surface area contributed by atoms with Crippen molar-refractivity contribution in [1.82, 2.24) is 14.7 Å². The third-order valence-corrected chi connectivity index (χ3v) is 5.63. The van der Waals surface area contributed by atoms with Crippen LogP contribution < -0.4 is 0 Å². The molecule has 7 heteroatoms. The van der Waals surface area contributed by atoms with E-state index in [1.165, 1.54) is 7.11 Å². The molecule has 0 unspecified atom stereocenters. The van der Waals surface area contributed by atoms with Crippen molar-refractivity contribution in [2.24, 2.45) is 5.92 Å². The quantitative estimate of drug-likeness (QED) is 0.552. The van der Waals surface area contributed by atoms with E-state index in [1.807, 2.05) is 30.3 Å². The first-order valence-corrected chi connectivity index (χ1v) is 9.84. The molecule has 0 bridgehead atoms. The molecule has 152 valence electrons.